The summed E-state index contributed by atoms with van der Waals surface area (Å²) in [5, 5.41) is 9.42. The summed E-state index contributed by atoms with van der Waals surface area (Å²) in [6, 6.07) is 6.35. The van der Waals surface area contributed by atoms with E-state index in [1.807, 2.05) is 13.8 Å². The third-order valence-corrected chi connectivity index (χ3v) is 5.36. The molecule has 0 aliphatic heterocycles. The first-order valence-corrected chi connectivity index (χ1v) is 8.03. The van der Waals surface area contributed by atoms with Crippen LogP contribution in [0.15, 0.2) is 29.2 Å². The summed E-state index contributed by atoms with van der Waals surface area (Å²) in [4.78, 5) is 0.241. The molecule has 1 aromatic carbocycles. The van der Waals surface area contributed by atoms with Crippen molar-refractivity contribution in [3.8, 4) is 0 Å². The predicted octanol–water partition coefficient (Wildman–Crippen LogP) is 2.21. The van der Waals surface area contributed by atoms with Crippen LogP contribution >= 0.6 is 0 Å². The Kier molecular flexibility index (Phi) is 3.73. The smallest absolute Gasteiger partial charge is 0.241 e. The molecule has 1 aliphatic rings. The zero-order chi connectivity index (χ0) is 14.3. The topological polar surface area (TPSA) is 66.4 Å². The lowest BCUT2D eigenvalue weighted by molar-refractivity contribution is 0.199. The summed E-state index contributed by atoms with van der Waals surface area (Å²) < 4.78 is 27.3. The van der Waals surface area contributed by atoms with Gasteiger partial charge in [0.1, 0.15) is 0 Å². The molecule has 1 aliphatic carbocycles. The quantitative estimate of drug-likeness (QED) is 0.870. The zero-order valence-electron chi connectivity index (χ0n) is 11.6. The highest BCUT2D eigenvalue weighted by Gasteiger charge is 2.40. The van der Waals surface area contributed by atoms with Crippen LogP contribution in [-0.2, 0) is 10.0 Å². The molecule has 1 atom stereocenters. The summed E-state index contributed by atoms with van der Waals surface area (Å²) in [5.41, 5.74) is 0.308. The van der Waals surface area contributed by atoms with Gasteiger partial charge in [0.25, 0.3) is 0 Å². The fourth-order valence-electron chi connectivity index (χ4n) is 2.22. The highest BCUT2D eigenvalue weighted by atomic mass is 32.2. The van der Waals surface area contributed by atoms with E-state index < -0.39 is 21.7 Å². The number of benzene rings is 1. The Labute approximate surface area is 114 Å². The Balaban J connectivity index is 2.19. The van der Waals surface area contributed by atoms with Crippen LogP contribution in [0.25, 0.3) is 0 Å². The van der Waals surface area contributed by atoms with Gasteiger partial charge in [0.15, 0.2) is 0 Å². The summed E-state index contributed by atoms with van der Waals surface area (Å²) >= 11 is 0. The van der Waals surface area contributed by atoms with Crippen molar-refractivity contribution in [2.75, 3.05) is 0 Å². The van der Waals surface area contributed by atoms with Gasteiger partial charge >= 0.3 is 0 Å². The summed E-state index contributed by atoms with van der Waals surface area (Å²) in [5.74, 6) is 0.430. The van der Waals surface area contributed by atoms with Crippen molar-refractivity contribution in [3.05, 3.63) is 29.8 Å². The minimum atomic E-state index is -3.50. The summed E-state index contributed by atoms with van der Waals surface area (Å²) in [6.07, 6.45) is 1.57. The maximum atomic E-state index is 12.3. The minimum Gasteiger partial charge on any atom is -0.389 e. The number of hydrogen-bond donors (Lipinski definition) is 2. The van der Waals surface area contributed by atoms with Crippen LogP contribution in [-0.4, -0.2) is 19.1 Å². The third-order valence-electron chi connectivity index (χ3n) is 3.67. The van der Waals surface area contributed by atoms with Crippen molar-refractivity contribution in [3.63, 3.8) is 0 Å². The third kappa shape index (κ3) is 3.35. The standard InChI is InChI=1S/C14H21NO3S/c1-10(16)11-4-8-13(9-5-11)19(17,18)15-14(2,3)12-6-7-12/h4-5,8-10,12,15-16H,6-7H2,1-3H3. The van der Waals surface area contributed by atoms with E-state index in [9.17, 15) is 13.5 Å². The molecule has 0 aromatic heterocycles. The van der Waals surface area contributed by atoms with E-state index in [-0.39, 0.29) is 4.90 Å². The van der Waals surface area contributed by atoms with Gasteiger partial charge in [-0.3, -0.25) is 0 Å². The molecule has 0 radical (unpaired) electrons. The average Bonchev–Trinajstić information content (AvgIpc) is 3.11. The Morgan fingerprint density at radius 3 is 2.21 bits per heavy atom. The molecule has 19 heavy (non-hydrogen) atoms. The highest BCUT2D eigenvalue weighted by molar-refractivity contribution is 7.89. The number of aliphatic hydroxyl groups is 1. The number of hydrogen-bond acceptors (Lipinski definition) is 3. The first kappa shape index (κ1) is 14.5. The molecule has 4 nitrogen and oxygen atoms in total. The Bertz CT molecular complexity index is 543. The lowest BCUT2D eigenvalue weighted by atomic mass is 10.0. The lowest BCUT2D eigenvalue weighted by Crippen LogP contribution is -2.45. The molecule has 0 bridgehead atoms. The van der Waals surface area contributed by atoms with Crippen LogP contribution in [0.1, 0.15) is 45.3 Å². The predicted molar refractivity (Wildman–Crippen MR) is 74.2 cm³/mol. The van der Waals surface area contributed by atoms with Gasteiger partial charge < -0.3 is 5.11 Å². The molecule has 0 heterocycles. The minimum absolute atomic E-state index is 0.241. The SMILES string of the molecule is CC(O)c1ccc(S(=O)(=O)NC(C)(C)C2CC2)cc1. The van der Waals surface area contributed by atoms with E-state index in [0.29, 0.717) is 11.5 Å². The van der Waals surface area contributed by atoms with Gasteiger partial charge in [-0.2, -0.15) is 0 Å². The highest BCUT2D eigenvalue weighted by Crippen LogP contribution is 2.39. The molecule has 1 fully saturated rings. The first-order chi connectivity index (χ1) is 8.72. The molecule has 106 valence electrons. The van der Waals surface area contributed by atoms with Crippen LogP contribution < -0.4 is 4.72 Å². The van der Waals surface area contributed by atoms with E-state index in [2.05, 4.69) is 4.72 Å². The molecule has 0 saturated heterocycles. The maximum Gasteiger partial charge on any atom is 0.241 e. The molecule has 0 spiro atoms. The second-order valence-electron chi connectivity index (χ2n) is 5.85. The average molecular weight is 283 g/mol. The van der Waals surface area contributed by atoms with E-state index >= 15 is 0 Å². The van der Waals surface area contributed by atoms with Gasteiger partial charge in [0.05, 0.1) is 11.0 Å². The Morgan fingerprint density at radius 1 is 1.26 bits per heavy atom. The first-order valence-electron chi connectivity index (χ1n) is 6.54. The fraction of sp³-hybridized carbons (Fsp3) is 0.571. The van der Waals surface area contributed by atoms with Crippen molar-refractivity contribution in [1.29, 1.82) is 0 Å². The molecule has 1 saturated carbocycles. The van der Waals surface area contributed by atoms with E-state index in [0.717, 1.165) is 12.8 Å². The largest absolute Gasteiger partial charge is 0.389 e. The van der Waals surface area contributed by atoms with Gasteiger partial charge in [0, 0.05) is 5.54 Å². The normalized spacial score (nSPS) is 18.3. The number of rotatable bonds is 5. The maximum absolute atomic E-state index is 12.3. The van der Waals surface area contributed by atoms with Gasteiger partial charge in [-0.15, -0.1) is 0 Å². The van der Waals surface area contributed by atoms with Crippen molar-refractivity contribution in [2.45, 2.75) is 50.2 Å². The van der Waals surface area contributed by atoms with Crippen LogP contribution in [0.5, 0.6) is 0 Å². The van der Waals surface area contributed by atoms with Crippen molar-refractivity contribution in [2.24, 2.45) is 5.92 Å². The number of nitrogens with one attached hydrogen (secondary N) is 1. The number of aliphatic hydroxyl groups excluding tert-OH is 1. The second-order valence-corrected chi connectivity index (χ2v) is 7.53. The van der Waals surface area contributed by atoms with Crippen LogP contribution in [0.3, 0.4) is 0 Å². The zero-order valence-corrected chi connectivity index (χ0v) is 12.4. The van der Waals surface area contributed by atoms with Crippen molar-refractivity contribution < 1.29 is 13.5 Å². The molecular weight excluding hydrogens is 262 g/mol. The molecular formula is C14H21NO3S. The van der Waals surface area contributed by atoms with Gasteiger partial charge in [-0.05, 0) is 57.2 Å². The van der Waals surface area contributed by atoms with Gasteiger partial charge in [-0.1, -0.05) is 12.1 Å². The van der Waals surface area contributed by atoms with Crippen LogP contribution in [0.4, 0.5) is 0 Å². The second kappa shape index (κ2) is 4.89. The van der Waals surface area contributed by atoms with E-state index in [1.165, 1.54) is 12.1 Å². The molecule has 2 rings (SSSR count). The monoisotopic (exact) mass is 283 g/mol. The Hall–Kier alpha value is -0.910. The molecule has 2 N–H and O–H groups in total. The van der Waals surface area contributed by atoms with Gasteiger partial charge in [0.2, 0.25) is 10.0 Å². The summed E-state index contributed by atoms with van der Waals surface area (Å²) in [7, 11) is -3.50. The van der Waals surface area contributed by atoms with Gasteiger partial charge in [-0.25, -0.2) is 13.1 Å². The number of sulfonamides is 1. The van der Waals surface area contributed by atoms with Crippen molar-refractivity contribution in [1.82, 2.24) is 4.72 Å². The van der Waals surface area contributed by atoms with E-state index in [1.54, 1.807) is 19.1 Å². The van der Waals surface area contributed by atoms with Crippen molar-refractivity contribution >= 4 is 10.0 Å². The lowest BCUT2D eigenvalue weighted by Gasteiger charge is -2.25. The van der Waals surface area contributed by atoms with E-state index in [4.69, 9.17) is 0 Å². The molecule has 1 unspecified atom stereocenters. The fourth-order valence-corrected chi connectivity index (χ4v) is 3.69. The Morgan fingerprint density at radius 2 is 1.79 bits per heavy atom. The molecule has 1 aromatic rings. The molecule has 5 heteroatoms. The van der Waals surface area contributed by atoms with Crippen LogP contribution in [0.2, 0.25) is 0 Å². The molecule has 0 amide bonds. The summed E-state index contributed by atoms with van der Waals surface area (Å²) in [6.45, 7) is 5.50. The van der Waals surface area contributed by atoms with Crippen LogP contribution in [0, 0.1) is 5.92 Å².